The number of rotatable bonds is 16. The second kappa shape index (κ2) is 15.3. The van der Waals surface area contributed by atoms with Crippen molar-refractivity contribution in [1.29, 1.82) is 0 Å². The average Bonchev–Trinajstić information content (AvgIpc) is 2.53. The first-order chi connectivity index (χ1) is 10.2. The molecule has 0 fully saturated rings. The zero-order chi connectivity index (χ0) is 15.8. The van der Waals surface area contributed by atoms with Crippen LogP contribution in [0.4, 0.5) is 0 Å². The topological polar surface area (TPSA) is 0 Å². The average molecular weight is 315 g/mol. The lowest BCUT2D eigenvalue weighted by atomic mass is 9.75. The highest BCUT2D eigenvalue weighted by atomic mass is 31.0. The molecule has 0 amide bonds. The van der Waals surface area contributed by atoms with Crippen molar-refractivity contribution in [1.82, 2.24) is 0 Å². The molecule has 0 rings (SSSR count). The Morgan fingerprint density at radius 3 is 1.19 bits per heavy atom. The van der Waals surface area contributed by atoms with Crippen LogP contribution >= 0.6 is 9.24 Å². The molecule has 0 radical (unpaired) electrons. The second-order valence-corrected chi connectivity index (χ2v) is 7.57. The summed E-state index contributed by atoms with van der Waals surface area (Å²) in [6.07, 6.45) is 22.9. The zero-order valence-electron chi connectivity index (χ0n) is 15.4. The van der Waals surface area contributed by atoms with Crippen LogP contribution in [0.2, 0.25) is 0 Å². The molecule has 0 bridgehead atoms. The Bertz CT molecular complexity index is 188. The highest BCUT2D eigenvalue weighted by Crippen LogP contribution is 2.36. The normalized spacial score (nSPS) is 12.0. The summed E-state index contributed by atoms with van der Waals surface area (Å²) in [5, 5.41) is 0. The van der Waals surface area contributed by atoms with Crippen LogP contribution in [0.15, 0.2) is 0 Å². The maximum atomic E-state index is 2.83. The van der Waals surface area contributed by atoms with Crippen molar-refractivity contribution in [3.8, 4) is 0 Å². The predicted molar refractivity (Wildman–Crippen MR) is 103 cm³/mol. The van der Waals surface area contributed by atoms with Crippen LogP contribution in [-0.2, 0) is 0 Å². The van der Waals surface area contributed by atoms with Crippen molar-refractivity contribution in [3.63, 3.8) is 0 Å². The van der Waals surface area contributed by atoms with Crippen molar-refractivity contribution in [2.75, 3.05) is 6.16 Å². The van der Waals surface area contributed by atoms with Gasteiger partial charge >= 0.3 is 0 Å². The fourth-order valence-electron chi connectivity index (χ4n) is 3.52. The first-order valence-corrected chi connectivity index (χ1v) is 10.8. The summed E-state index contributed by atoms with van der Waals surface area (Å²) in [6, 6.07) is 0. The molecule has 0 saturated heterocycles. The molecule has 0 aliphatic heterocycles. The molecular weight excluding hydrogens is 271 g/mol. The smallest absolute Gasteiger partial charge is 0.0305 e. The molecule has 1 atom stereocenters. The molecular formula is C20H43P. The van der Waals surface area contributed by atoms with Crippen molar-refractivity contribution in [3.05, 3.63) is 0 Å². The number of unbranched alkanes of at least 4 members (excludes halogenated alkanes) is 10. The molecule has 0 N–H and O–H groups in total. The van der Waals surface area contributed by atoms with E-state index in [1.54, 1.807) is 0 Å². The predicted octanol–water partition coefficient (Wildman–Crippen LogP) is 7.76. The van der Waals surface area contributed by atoms with E-state index in [0.717, 1.165) is 0 Å². The van der Waals surface area contributed by atoms with E-state index in [1.807, 2.05) is 0 Å². The maximum absolute atomic E-state index is 2.83. The van der Waals surface area contributed by atoms with Crippen LogP contribution in [0.25, 0.3) is 0 Å². The van der Waals surface area contributed by atoms with Gasteiger partial charge in [-0.3, -0.25) is 0 Å². The van der Waals surface area contributed by atoms with Gasteiger partial charge in [-0.25, -0.2) is 0 Å². The van der Waals surface area contributed by atoms with Crippen molar-refractivity contribution < 1.29 is 0 Å². The number of hydrogen-bond donors (Lipinski definition) is 0. The minimum atomic E-state index is 0.664. The molecule has 0 aliphatic carbocycles. The maximum Gasteiger partial charge on any atom is -0.0305 e. The van der Waals surface area contributed by atoms with Gasteiger partial charge in [-0.2, -0.15) is 0 Å². The SMILES string of the molecule is CCC(CC)(CC)CCCCCCCCCCCCCP. The molecule has 0 heterocycles. The Hall–Kier alpha value is 0.430. The van der Waals surface area contributed by atoms with Crippen molar-refractivity contribution >= 4 is 9.24 Å². The van der Waals surface area contributed by atoms with E-state index in [4.69, 9.17) is 0 Å². The molecule has 0 aromatic rings. The van der Waals surface area contributed by atoms with Gasteiger partial charge in [-0.05, 0) is 24.4 Å². The molecule has 0 aromatic carbocycles. The standard InChI is InChI=1S/C20H43P/c1-4-20(5-2,6-3)18-16-14-12-10-8-7-9-11-13-15-17-19-21/h4-19,21H2,1-3H3. The monoisotopic (exact) mass is 314 g/mol. The fourth-order valence-corrected chi connectivity index (χ4v) is 3.80. The summed E-state index contributed by atoms with van der Waals surface area (Å²) >= 11 is 0. The van der Waals surface area contributed by atoms with Crippen LogP contribution in [0.3, 0.4) is 0 Å². The Balaban J connectivity index is 3.29. The van der Waals surface area contributed by atoms with Gasteiger partial charge < -0.3 is 0 Å². The van der Waals surface area contributed by atoms with Crippen molar-refractivity contribution in [2.24, 2.45) is 5.41 Å². The molecule has 128 valence electrons. The van der Waals surface area contributed by atoms with Gasteiger partial charge in [0.15, 0.2) is 0 Å². The second-order valence-electron chi connectivity index (χ2n) is 6.99. The fraction of sp³-hybridized carbons (Fsp3) is 1.00. The lowest BCUT2D eigenvalue weighted by Crippen LogP contribution is -2.17. The highest BCUT2D eigenvalue weighted by molar-refractivity contribution is 7.16. The molecule has 0 saturated carbocycles. The van der Waals surface area contributed by atoms with Gasteiger partial charge in [0.2, 0.25) is 0 Å². The highest BCUT2D eigenvalue weighted by Gasteiger charge is 2.22. The molecule has 0 aromatic heterocycles. The Labute approximate surface area is 138 Å². The zero-order valence-corrected chi connectivity index (χ0v) is 16.5. The van der Waals surface area contributed by atoms with Crippen LogP contribution in [0, 0.1) is 5.41 Å². The van der Waals surface area contributed by atoms with E-state index in [9.17, 15) is 0 Å². The quantitative estimate of drug-likeness (QED) is 0.202. The third kappa shape index (κ3) is 11.6. The van der Waals surface area contributed by atoms with Crippen LogP contribution < -0.4 is 0 Å². The van der Waals surface area contributed by atoms with E-state index in [2.05, 4.69) is 30.0 Å². The van der Waals surface area contributed by atoms with Gasteiger partial charge in [0.25, 0.3) is 0 Å². The van der Waals surface area contributed by atoms with Gasteiger partial charge in [-0.1, -0.05) is 104 Å². The molecule has 1 heteroatoms. The first kappa shape index (κ1) is 21.4. The first-order valence-electron chi connectivity index (χ1n) is 9.94. The van der Waals surface area contributed by atoms with Gasteiger partial charge in [0, 0.05) is 0 Å². The molecule has 0 aliphatic rings. The van der Waals surface area contributed by atoms with Crippen LogP contribution in [0.5, 0.6) is 0 Å². The van der Waals surface area contributed by atoms with E-state index < -0.39 is 0 Å². The van der Waals surface area contributed by atoms with Gasteiger partial charge in [0.05, 0.1) is 0 Å². The lowest BCUT2D eigenvalue weighted by Gasteiger charge is -2.30. The molecule has 21 heavy (non-hydrogen) atoms. The minimum Gasteiger partial charge on any atom is -0.138 e. The Morgan fingerprint density at radius 1 is 0.524 bits per heavy atom. The third-order valence-corrected chi connectivity index (χ3v) is 6.07. The summed E-state index contributed by atoms with van der Waals surface area (Å²) in [7, 11) is 2.83. The van der Waals surface area contributed by atoms with Crippen molar-refractivity contribution in [2.45, 2.75) is 117 Å². The summed E-state index contributed by atoms with van der Waals surface area (Å²) in [4.78, 5) is 0. The van der Waals surface area contributed by atoms with E-state index >= 15 is 0 Å². The van der Waals surface area contributed by atoms with E-state index in [1.165, 1.54) is 102 Å². The summed E-state index contributed by atoms with van der Waals surface area (Å²) in [5.74, 6) is 0. The molecule has 0 spiro atoms. The van der Waals surface area contributed by atoms with Crippen LogP contribution in [0.1, 0.15) is 117 Å². The van der Waals surface area contributed by atoms with Crippen LogP contribution in [-0.4, -0.2) is 6.16 Å². The minimum absolute atomic E-state index is 0.664. The van der Waals surface area contributed by atoms with Gasteiger partial charge in [0.1, 0.15) is 0 Å². The summed E-state index contributed by atoms with van der Waals surface area (Å²) in [6.45, 7) is 7.14. The number of hydrogen-bond acceptors (Lipinski definition) is 0. The summed E-state index contributed by atoms with van der Waals surface area (Å²) in [5.41, 5.74) is 0.664. The summed E-state index contributed by atoms with van der Waals surface area (Å²) < 4.78 is 0. The van der Waals surface area contributed by atoms with E-state index in [0.29, 0.717) is 5.41 Å². The molecule has 1 unspecified atom stereocenters. The Morgan fingerprint density at radius 2 is 0.857 bits per heavy atom. The third-order valence-electron chi connectivity index (χ3n) is 5.66. The van der Waals surface area contributed by atoms with Gasteiger partial charge in [-0.15, -0.1) is 9.24 Å². The Kier molecular flexibility index (Phi) is 15.6. The van der Waals surface area contributed by atoms with E-state index in [-0.39, 0.29) is 0 Å². The lowest BCUT2D eigenvalue weighted by molar-refractivity contribution is 0.220. The molecule has 0 nitrogen and oxygen atoms in total. The largest absolute Gasteiger partial charge is 0.138 e.